The Labute approximate surface area is 161 Å². The van der Waals surface area contributed by atoms with E-state index in [1.165, 1.54) is 5.56 Å². The van der Waals surface area contributed by atoms with E-state index in [1.807, 2.05) is 6.20 Å². The van der Waals surface area contributed by atoms with Crippen molar-refractivity contribution in [2.75, 3.05) is 31.1 Å². The van der Waals surface area contributed by atoms with E-state index >= 15 is 0 Å². The SMILES string of the molecule is CCNC(=NCc1ccc(N(CC)CC)nc1)NCC(C)c1ccsc1. The molecule has 0 bridgehead atoms. The Morgan fingerprint density at radius 2 is 2.00 bits per heavy atom. The first-order valence-corrected chi connectivity index (χ1v) is 10.4. The molecule has 2 rings (SSSR count). The van der Waals surface area contributed by atoms with E-state index in [2.05, 4.69) is 77.2 Å². The molecule has 0 aliphatic heterocycles. The Bertz CT molecular complexity index is 647. The second-order valence-electron chi connectivity index (χ2n) is 6.23. The summed E-state index contributed by atoms with van der Waals surface area (Å²) in [5, 5.41) is 11.1. The van der Waals surface area contributed by atoms with Crippen LogP contribution in [0.15, 0.2) is 40.1 Å². The molecule has 0 spiro atoms. The van der Waals surface area contributed by atoms with Crippen LogP contribution in [-0.2, 0) is 6.54 Å². The topological polar surface area (TPSA) is 52.6 Å². The van der Waals surface area contributed by atoms with E-state index in [4.69, 9.17) is 4.99 Å². The van der Waals surface area contributed by atoms with Crippen LogP contribution in [0.1, 0.15) is 44.7 Å². The summed E-state index contributed by atoms with van der Waals surface area (Å²) in [5.41, 5.74) is 2.48. The van der Waals surface area contributed by atoms with Crippen molar-refractivity contribution < 1.29 is 0 Å². The van der Waals surface area contributed by atoms with E-state index in [0.29, 0.717) is 12.5 Å². The van der Waals surface area contributed by atoms with Crippen LogP contribution in [-0.4, -0.2) is 37.1 Å². The summed E-state index contributed by atoms with van der Waals surface area (Å²) >= 11 is 1.74. The third-order valence-electron chi connectivity index (χ3n) is 4.35. The van der Waals surface area contributed by atoms with E-state index in [1.54, 1.807) is 11.3 Å². The molecule has 0 aromatic carbocycles. The smallest absolute Gasteiger partial charge is 0.191 e. The summed E-state index contributed by atoms with van der Waals surface area (Å²) in [6.45, 7) is 12.9. The first-order valence-electron chi connectivity index (χ1n) is 9.42. The second-order valence-corrected chi connectivity index (χ2v) is 7.01. The molecule has 2 aromatic rings. The zero-order valence-electron chi connectivity index (χ0n) is 16.3. The van der Waals surface area contributed by atoms with Gasteiger partial charge in [-0.05, 0) is 60.7 Å². The quantitative estimate of drug-likeness (QED) is 0.518. The minimum atomic E-state index is 0.458. The van der Waals surface area contributed by atoms with Gasteiger partial charge >= 0.3 is 0 Å². The van der Waals surface area contributed by atoms with E-state index in [0.717, 1.165) is 43.5 Å². The van der Waals surface area contributed by atoms with E-state index < -0.39 is 0 Å². The molecule has 0 aliphatic rings. The molecule has 0 saturated carbocycles. The number of pyridine rings is 1. The largest absolute Gasteiger partial charge is 0.357 e. The fourth-order valence-corrected chi connectivity index (χ4v) is 3.46. The van der Waals surface area contributed by atoms with Crippen molar-refractivity contribution in [2.45, 2.75) is 40.2 Å². The third kappa shape index (κ3) is 6.02. The Morgan fingerprint density at radius 1 is 1.19 bits per heavy atom. The van der Waals surface area contributed by atoms with Gasteiger partial charge in [-0.25, -0.2) is 9.98 Å². The number of anilines is 1. The predicted octanol–water partition coefficient (Wildman–Crippen LogP) is 3.85. The number of guanidine groups is 1. The Hall–Kier alpha value is -2.08. The monoisotopic (exact) mass is 373 g/mol. The van der Waals surface area contributed by atoms with Crippen LogP contribution in [0.3, 0.4) is 0 Å². The summed E-state index contributed by atoms with van der Waals surface area (Å²) in [5.74, 6) is 2.33. The van der Waals surface area contributed by atoms with Crippen molar-refractivity contribution in [3.05, 3.63) is 46.3 Å². The van der Waals surface area contributed by atoms with Crippen LogP contribution in [0.2, 0.25) is 0 Å². The molecular weight excluding hydrogens is 342 g/mol. The number of rotatable bonds is 9. The molecule has 0 radical (unpaired) electrons. The lowest BCUT2D eigenvalue weighted by Gasteiger charge is -2.19. The Balaban J connectivity index is 1.93. The normalized spacial score (nSPS) is 12.7. The van der Waals surface area contributed by atoms with Gasteiger partial charge in [0.05, 0.1) is 6.54 Å². The molecule has 0 amide bonds. The fourth-order valence-electron chi connectivity index (χ4n) is 2.68. The molecule has 0 aliphatic carbocycles. The Morgan fingerprint density at radius 3 is 2.58 bits per heavy atom. The number of thiophene rings is 1. The van der Waals surface area contributed by atoms with Crippen LogP contribution < -0.4 is 15.5 Å². The van der Waals surface area contributed by atoms with Gasteiger partial charge in [-0.3, -0.25) is 0 Å². The lowest BCUT2D eigenvalue weighted by molar-refractivity contribution is 0.701. The summed E-state index contributed by atoms with van der Waals surface area (Å²) in [7, 11) is 0. The van der Waals surface area contributed by atoms with Crippen LogP contribution in [0, 0.1) is 0 Å². The second kappa shape index (κ2) is 10.8. The highest BCUT2D eigenvalue weighted by Crippen LogP contribution is 2.17. The highest BCUT2D eigenvalue weighted by atomic mass is 32.1. The first-order chi connectivity index (χ1) is 12.7. The summed E-state index contributed by atoms with van der Waals surface area (Å²) in [6, 6.07) is 6.38. The Kier molecular flexibility index (Phi) is 8.41. The number of nitrogens with one attached hydrogen (secondary N) is 2. The molecule has 2 N–H and O–H groups in total. The molecule has 0 fully saturated rings. The van der Waals surface area contributed by atoms with Crippen molar-refractivity contribution in [1.29, 1.82) is 0 Å². The van der Waals surface area contributed by atoms with Crippen molar-refractivity contribution >= 4 is 23.1 Å². The number of aliphatic imine (C=N–C) groups is 1. The zero-order valence-corrected chi connectivity index (χ0v) is 17.1. The lowest BCUT2D eigenvalue weighted by atomic mass is 10.1. The molecule has 5 nitrogen and oxygen atoms in total. The average Bonchev–Trinajstić information content (AvgIpc) is 3.20. The molecule has 0 saturated heterocycles. The van der Waals surface area contributed by atoms with E-state index in [9.17, 15) is 0 Å². The zero-order chi connectivity index (χ0) is 18.8. The summed E-state index contributed by atoms with van der Waals surface area (Å²) < 4.78 is 0. The van der Waals surface area contributed by atoms with Crippen molar-refractivity contribution in [2.24, 2.45) is 4.99 Å². The highest BCUT2D eigenvalue weighted by Gasteiger charge is 2.07. The molecule has 2 heterocycles. The molecule has 1 unspecified atom stereocenters. The highest BCUT2D eigenvalue weighted by molar-refractivity contribution is 7.07. The van der Waals surface area contributed by atoms with Gasteiger partial charge in [0.25, 0.3) is 0 Å². The maximum absolute atomic E-state index is 4.70. The van der Waals surface area contributed by atoms with Crippen LogP contribution >= 0.6 is 11.3 Å². The number of hydrogen-bond acceptors (Lipinski definition) is 4. The minimum Gasteiger partial charge on any atom is -0.357 e. The molecule has 1 atom stereocenters. The van der Waals surface area contributed by atoms with E-state index in [-0.39, 0.29) is 0 Å². The minimum absolute atomic E-state index is 0.458. The number of aromatic nitrogens is 1. The van der Waals surface area contributed by atoms with Gasteiger partial charge in [0.1, 0.15) is 5.82 Å². The summed E-state index contributed by atoms with van der Waals surface area (Å²) in [4.78, 5) is 11.5. The number of hydrogen-bond donors (Lipinski definition) is 2. The van der Waals surface area contributed by atoms with Crippen LogP contribution in [0.25, 0.3) is 0 Å². The van der Waals surface area contributed by atoms with Crippen molar-refractivity contribution in [3.63, 3.8) is 0 Å². The van der Waals surface area contributed by atoms with Gasteiger partial charge in [-0.2, -0.15) is 11.3 Å². The van der Waals surface area contributed by atoms with Crippen molar-refractivity contribution in [3.8, 4) is 0 Å². The molecule has 2 aromatic heterocycles. The predicted molar refractivity (Wildman–Crippen MR) is 113 cm³/mol. The van der Waals surface area contributed by atoms with Crippen LogP contribution in [0.4, 0.5) is 5.82 Å². The van der Waals surface area contributed by atoms with Gasteiger partial charge in [0, 0.05) is 32.4 Å². The third-order valence-corrected chi connectivity index (χ3v) is 5.05. The standard InChI is InChI=1S/C20H31N5S/c1-5-21-20(23-12-16(4)18-10-11-26-15-18)24-14-17-8-9-19(22-13-17)25(6-2)7-3/h8-11,13,15-16H,5-7,12,14H2,1-4H3,(H2,21,23,24). The lowest BCUT2D eigenvalue weighted by Crippen LogP contribution is -2.39. The van der Waals surface area contributed by atoms with Crippen LogP contribution in [0.5, 0.6) is 0 Å². The number of nitrogens with zero attached hydrogens (tertiary/aromatic N) is 3. The van der Waals surface area contributed by atoms with Crippen molar-refractivity contribution in [1.82, 2.24) is 15.6 Å². The maximum atomic E-state index is 4.70. The first kappa shape index (κ1) is 20.2. The molecular formula is C20H31N5S. The van der Waals surface area contributed by atoms with Gasteiger partial charge in [-0.1, -0.05) is 13.0 Å². The molecule has 6 heteroatoms. The maximum Gasteiger partial charge on any atom is 0.191 e. The summed E-state index contributed by atoms with van der Waals surface area (Å²) in [6.07, 6.45) is 1.93. The average molecular weight is 374 g/mol. The van der Waals surface area contributed by atoms with Gasteiger partial charge in [-0.15, -0.1) is 0 Å². The fraction of sp³-hybridized carbons (Fsp3) is 0.500. The molecule has 26 heavy (non-hydrogen) atoms. The van der Waals surface area contributed by atoms with Gasteiger partial charge < -0.3 is 15.5 Å². The molecule has 142 valence electrons. The van der Waals surface area contributed by atoms with Gasteiger partial charge in [0.15, 0.2) is 5.96 Å². The van der Waals surface area contributed by atoms with Gasteiger partial charge in [0.2, 0.25) is 0 Å².